The van der Waals surface area contributed by atoms with Crippen molar-refractivity contribution in [2.75, 3.05) is 10.6 Å². The van der Waals surface area contributed by atoms with Crippen LogP contribution < -0.4 is 10.6 Å². The number of amides is 2. The lowest BCUT2D eigenvalue weighted by atomic mass is 10.1. The molecule has 1 aromatic heterocycles. The number of carbonyl (C=O) groups excluding carboxylic acids is 2. The summed E-state index contributed by atoms with van der Waals surface area (Å²) < 4.78 is 0. The van der Waals surface area contributed by atoms with Crippen LogP contribution >= 0.6 is 11.3 Å². The van der Waals surface area contributed by atoms with Gasteiger partial charge < -0.3 is 5.32 Å². The van der Waals surface area contributed by atoms with Crippen molar-refractivity contribution in [3.8, 4) is 0 Å². The molecule has 0 aliphatic carbocycles. The minimum atomic E-state index is -0.344. The van der Waals surface area contributed by atoms with E-state index in [2.05, 4.69) is 20.8 Å². The Balaban J connectivity index is 1.77. The zero-order valence-electron chi connectivity index (χ0n) is 14.4. The van der Waals surface area contributed by atoms with Crippen LogP contribution in [0.25, 0.3) is 0 Å². The molecule has 0 saturated heterocycles. The van der Waals surface area contributed by atoms with E-state index in [4.69, 9.17) is 0 Å². The summed E-state index contributed by atoms with van der Waals surface area (Å²) in [7, 11) is 0. The summed E-state index contributed by atoms with van der Waals surface area (Å²) in [5, 5.41) is 14.7. The number of anilines is 2. The summed E-state index contributed by atoms with van der Waals surface area (Å²) in [6.45, 7) is 3.93. The molecule has 2 aromatic carbocycles. The second-order valence-electron chi connectivity index (χ2n) is 5.67. The first kappa shape index (κ1) is 17.8. The molecule has 26 heavy (non-hydrogen) atoms. The van der Waals surface area contributed by atoms with Gasteiger partial charge in [-0.05, 0) is 37.6 Å². The largest absolute Gasteiger partial charge is 0.321 e. The average molecular weight is 366 g/mol. The number of hydrogen-bond acceptors (Lipinski definition) is 5. The van der Waals surface area contributed by atoms with Gasteiger partial charge in [-0.25, -0.2) is 0 Å². The predicted molar refractivity (Wildman–Crippen MR) is 103 cm³/mol. The SMILES string of the molecule is CCc1nnc(NC(=O)c2ccccc2NC(=O)c2ccc(C)cc2)s1. The first-order chi connectivity index (χ1) is 12.6. The third-order valence-electron chi connectivity index (χ3n) is 3.72. The molecule has 0 atom stereocenters. The van der Waals surface area contributed by atoms with Crippen LogP contribution in [-0.4, -0.2) is 22.0 Å². The molecule has 0 radical (unpaired) electrons. The number of benzene rings is 2. The smallest absolute Gasteiger partial charge is 0.259 e. The van der Waals surface area contributed by atoms with E-state index < -0.39 is 0 Å². The Kier molecular flexibility index (Phi) is 5.38. The Hall–Kier alpha value is -3.06. The monoisotopic (exact) mass is 366 g/mol. The van der Waals surface area contributed by atoms with Crippen molar-refractivity contribution < 1.29 is 9.59 Å². The quantitative estimate of drug-likeness (QED) is 0.717. The summed E-state index contributed by atoms with van der Waals surface area (Å²) in [5.74, 6) is -0.613. The maximum absolute atomic E-state index is 12.6. The van der Waals surface area contributed by atoms with Gasteiger partial charge in [0.25, 0.3) is 11.8 Å². The summed E-state index contributed by atoms with van der Waals surface area (Å²) in [6.07, 6.45) is 0.761. The lowest BCUT2D eigenvalue weighted by molar-refractivity contribution is 0.102. The molecule has 1 heterocycles. The maximum atomic E-state index is 12.6. The third kappa shape index (κ3) is 4.12. The minimum absolute atomic E-state index is 0.269. The number of nitrogens with one attached hydrogen (secondary N) is 2. The highest BCUT2D eigenvalue weighted by Gasteiger charge is 2.15. The van der Waals surface area contributed by atoms with Crippen LogP contribution in [0.3, 0.4) is 0 Å². The van der Waals surface area contributed by atoms with E-state index in [0.29, 0.717) is 21.9 Å². The second-order valence-corrected chi connectivity index (χ2v) is 6.74. The van der Waals surface area contributed by atoms with Crippen LogP contribution in [0.15, 0.2) is 48.5 Å². The highest BCUT2D eigenvalue weighted by molar-refractivity contribution is 7.15. The van der Waals surface area contributed by atoms with Crippen molar-refractivity contribution in [1.29, 1.82) is 0 Å². The minimum Gasteiger partial charge on any atom is -0.321 e. The van der Waals surface area contributed by atoms with E-state index in [-0.39, 0.29) is 11.8 Å². The number of carbonyl (C=O) groups is 2. The van der Waals surface area contributed by atoms with E-state index in [1.54, 1.807) is 36.4 Å². The number of aromatic nitrogens is 2. The zero-order chi connectivity index (χ0) is 18.5. The van der Waals surface area contributed by atoms with Gasteiger partial charge in [-0.3, -0.25) is 14.9 Å². The fourth-order valence-corrected chi connectivity index (χ4v) is 2.98. The normalized spacial score (nSPS) is 10.4. The van der Waals surface area contributed by atoms with Gasteiger partial charge in [-0.1, -0.05) is 48.1 Å². The molecule has 0 spiro atoms. The number of nitrogens with zero attached hydrogens (tertiary/aromatic N) is 2. The fraction of sp³-hybridized carbons (Fsp3) is 0.158. The molecule has 132 valence electrons. The lowest BCUT2D eigenvalue weighted by Gasteiger charge is -2.10. The van der Waals surface area contributed by atoms with Crippen LogP contribution in [-0.2, 0) is 6.42 Å². The summed E-state index contributed by atoms with van der Waals surface area (Å²) in [4.78, 5) is 25.0. The average Bonchev–Trinajstić information content (AvgIpc) is 3.10. The van der Waals surface area contributed by atoms with Crippen LogP contribution in [0.2, 0.25) is 0 Å². The standard InChI is InChI=1S/C19H18N4O2S/c1-3-16-22-23-19(26-16)21-18(25)14-6-4-5-7-15(14)20-17(24)13-10-8-12(2)9-11-13/h4-11H,3H2,1-2H3,(H,20,24)(H,21,23,25). The summed E-state index contributed by atoms with van der Waals surface area (Å²) in [5.41, 5.74) is 2.41. The molecule has 0 unspecified atom stereocenters. The molecular weight excluding hydrogens is 348 g/mol. The van der Waals surface area contributed by atoms with Crippen LogP contribution in [0, 0.1) is 6.92 Å². The molecule has 2 amide bonds. The number of aryl methyl sites for hydroxylation is 2. The summed E-state index contributed by atoms with van der Waals surface area (Å²) >= 11 is 1.33. The van der Waals surface area contributed by atoms with Crippen molar-refractivity contribution in [2.45, 2.75) is 20.3 Å². The summed E-state index contributed by atoms with van der Waals surface area (Å²) in [6, 6.07) is 14.1. The predicted octanol–water partition coefficient (Wildman–Crippen LogP) is 3.91. The van der Waals surface area contributed by atoms with Crippen LogP contribution in [0.5, 0.6) is 0 Å². The highest BCUT2D eigenvalue weighted by Crippen LogP contribution is 2.20. The topological polar surface area (TPSA) is 84.0 Å². The van der Waals surface area contributed by atoms with Crippen LogP contribution in [0.1, 0.15) is 38.2 Å². The molecule has 3 rings (SSSR count). The van der Waals surface area contributed by atoms with Crippen molar-refractivity contribution in [1.82, 2.24) is 10.2 Å². The van der Waals surface area contributed by atoms with E-state index in [9.17, 15) is 9.59 Å². The zero-order valence-corrected chi connectivity index (χ0v) is 15.3. The van der Waals surface area contributed by atoms with E-state index in [1.807, 2.05) is 26.0 Å². The Bertz CT molecular complexity index is 935. The number of hydrogen-bond donors (Lipinski definition) is 2. The van der Waals surface area contributed by atoms with Gasteiger partial charge in [-0.15, -0.1) is 10.2 Å². The second kappa shape index (κ2) is 7.88. The molecular formula is C19H18N4O2S. The van der Waals surface area contributed by atoms with Crippen LogP contribution in [0.4, 0.5) is 10.8 Å². The van der Waals surface area contributed by atoms with Gasteiger partial charge in [0.05, 0.1) is 11.3 Å². The first-order valence-corrected chi connectivity index (χ1v) is 8.99. The highest BCUT2D eigenvalue weighted by atomic mass is 32.1. The molecule has 7 heteroatoms. The van der Waals surface area contributed by atoms with E-state index in [0.717, 1.165) is 17.0 Å². The van der Waals surface area contributed by atoms with Crippen molar-refractivity contribution in [3.63, 3.8) is 0 Å². The van der Waals surface area contributed by atoms with Gasteiger partial charge in [0.15, 0.2) is 0 Å². The molecule has 0 fully saturated rings. The molecule has 6 nitrogen and oxygen atoms in total. The fourth-order valence-electron chi connectivity index (χ4n) is 2.30. The third-order valence-corrected chi connectivity index (χ3v) is 4.71. The van der Waals surface area contributed by atoms with Crippen molar-refractivity contribution >= 4 is 34.0 Å². The Morgan fingerprint density at radius 2 is 1.69 bits per heavy atom. The number of rotatable bonds is 5. The van der Waals surface area contributed by atoms with Gasteiger partial charge in [0.1, 0.15) is 5.01 Å². The Labute approximate surface area is 155 Å². The van der Waals surface area contributed by atoms with E-state index >= 15 is 0 Å². The first-order valence-electron chi connectivity index (χ1n) is 8.17. The van der Waals surface area contributed by atoms with E-state index in [1.165, 1.54) is 11.3 Å². The van der Waals surface area contributed by atoms with Gasteiger partial charge >= 0.3 is 0 Å². The molecule has 2 N–H and O–H groups in total. The molecule has 0 bridgehead atoms. The molecule has 0 aliphatic heterocycles. The Morgan fingerprint density at radius 1 is 0.962 bits per heavy atom. The van der Waals surface area contributed by atoms with Gasteiger partial charge in [0.2, 0.25) is 5.13 Å². The Morgan fingerprint density at radius 3 is 2.38 bits per heavy atom. The molecule has 3 aromatic rings. The number of para-hydroxylation sites is 1. The molecule has 0 aliphatic rings. The molecule has 0 saturated carbocycles. The van der Waals surface area contributed by atoms with Gasteiger partial charge in [0, 0.05) is 5.56 Å². The van der Waals surface area contributed by atoms with Crippen molar-refractivity contribution in [3.05, 3.63) is 70.2 Å². The van der Waals surface area contributed by atoms with Gasteiger partial charge in [-0.2, -0.15) is 0 Å². The van der Waals surface area contributed by atoms with Crippen molar-refractivity contribution in [2.24, 2.45) is 0 Å². The maximum Gasteiger partial charge on any atom is 0.259 e. The lowest BCUT2D eigenvalue weighted by Crippen LogP contribution is -2.18.